The maximum Gasteiger partial charge on any atom is 0.137 e. The zero-order chi connectivity index (χ0) is 20.9. The zero-order valence-electron chi connectivity index (χ0n) is 18.1. The van der Waals surface area contributed by atoms with Crippen molar-refractivity contribution in [3.8, 4) is 5.75 Å². The Morgan fingerprint density at radius 2 is 1.87 bits per heavy atom. The molecule has 2 aliphatic heterocycles. The van der Waals surface area contributed by atoms with Crippen LogP contribution in [0.1, 0.15) is 62.3 Å². The summed E-state index contributed by atoms with van der Waals surface area (Å²) in [5.41, 5.74) is 3.91. The van der Waals surface area contributed by atoms with Gasteiger partial charge in [-0.1, -0.05) is 26.0 Å². The average Bonchev–Trinajstić information content (AvgIpc) is 3.24. The maximum atomic E-state index is 11.6. The summed E-state index contributed by atoms with van der Waals surface area (Å²) >= 11 is 0. The third-order valence-electron chi connectivity index (χ3n) is 7.17. The van der Waals surface area contributed by atoms with Crippen LogP contribution in [0.5, 0.6) is 5.75 Å². The van der Waals surface area contributed by atoms with Crippen molar-refractivity contribution >= 4 is 11.0 Å². The molecule has 0 radical (unpaired) electrons. The first-order chi connectivity index (χ1) is 14.5. The Morgan fingerprint density at radius 1 is 1.17 bits per heavy atom. The minimum Gasteiger partial charge on any atom is -0.497 e. The molecule has 2 saturated heterocycles. The molecule has 0 aliphatic carbocycles. The summed E-state index contributed by atoms with van der Waals surface area (Å²) in [5.74, 6) is 1.25. The van der Waals surface area contributed by atoms with Gasteiger partial charge in [0.2, 0.25) is 0 Å². The van der Waals surface area contributed by atoms with E-state index in [1.807, 2.05) is 36.5 Å². The van der Waals surface area contributed by atoms with E-state index in [4.69, 9.17) is 4.74 Å². The van der Waals surface area contributed by atoms with Crippen molar-refractivity contribution in [2.75, 3.05) is 7.11 Å². The number of piperidine rings is 1. The van der Waals surface area contributed by atoms with Gasteiger partial charge < -0.3 is 14.8 Å². The zero-order valence-corrected chi connectivity index (χ0v) is 18.1. The van der Waals surface area contributed by atoms with E-state index in [1.54, 1.807) is 7.11 Å². The van der Waals surface area contributed by atoms with Gasteiger partial charge in [0.05, 0.1) is 12.7 Å². The fourth-order valence-corrected chi connectivity index (χ4v) is 5.65. The predicted octanol–water partition coefficient (Wildman–Crippen LogP) is 4.71. The summed E-state index contributed by atoms with van der Waals surface area (Å²) in [6.07, 6.45) is 5.73. The highest BCUT2D eigenvalue weighted by molar-refractivity contribution is 5.81. The van der Waals surface area contributed by atoms with E-state index in [0.29, 0.717) is 18.0 Å². The van der Waals surface area contributed by atoms with E-state index in [9.17, 15) is 5.11 Å². The highest BCUT2D eigenvalue weighted by Gasteiger charge is 2.48. The number of aromatic nitrogens is 2. The van der Waals surface area contributed by atoms with Gasteiger partial charge in [-0.05, 0) is 67.0 Å². The number of fused-ring (bicyclic) bond motifs is 3. The van der Waals surface area contributed by atoms with E-state index in [1.165, 1.54) is 16.6 Å². The van der Waals surface area contributed by atoms with Crippen LogP contribution in [-0.2, 0) is 12.1 Å². The number of rotatable bonds is 5. The fourth-order valence-electron chi connectivity index (χ4n) is 5.65. The molecule has 2 atom stereocenters. The number of H-pyrrole nitrogens is 1. The van der Waals surface area contributed by atoms with Crippen molar-refractivity contribution in [3.05, 3.63) is 59.4 Å². The van der Waals surface area contributed by atoms with Crippen molar-refractivity contribution in [2.45, 2.75) is 69.7 Å². The first kappa shape index (κ1) is 19.6. The van der Waals surface area contributed by atoms with Crippen LogP contribution in [0.25, 0.3) is 11.0 Å². The van der Waals surface area contributed by atoms with Crippen LogP contribution in [-0.4, -0.2) is 39.2 Å². The molecule has 2 aliphatic rings. The largest absolute Gasteiger partial charge is 0.497 e. The molecule has 158 valence electrons. The third kappa shape index (κ3) is 3.21. The number of hydrogen-bond acceptors (Lipinski definition) is 4. The second-order valence-electron chi connectivity index (χ2n) is 9.30. The minimum absolute atomic E-state index is 0.400. The molecule has 5 rings (SSSR count). The van der Waals surface area contributed by atoms with Crippen LogP contribution in [0.3, 0.4) is 0 Å². The minimum atomic E-state index is -0.753. The molecule has 0 amide bonds. The first-order valence-electron chi connectivity index (χ1n) is 11.1. The molecule has 5 nitrogen and oxygen atoms in total. The van der Waals surface area contributed by atoms with Crippen LogP contribution < -0.4 is 4.74 Å². The lowest BCUT2D eigenvalue weighted by Gasteiger charge is -2.44. The summed E-state index contributed by atoms with van der Waals surface area (Å²) in [6, 6.07) is 13.0. The SMILES string of the molecule is COc1ccc(C2(O)CC3CCC(C2)N3Cc2c(C(C)C)[nH]c3ncccc23)cc1. The van der Waals surface area contributed by atoms with Gasteiger partial charge in [-0.15, -0.1) is 0 Å². The molecule has 2 N–H and O–H groups in total. The van der Waals surface area contributed by atoms with Crippen molar-refractivity contribution < 1.29 is 9.84 Å². The Balaban J connectivity index is 1.42. The third-order valence-corrected chi connectivity index (χ3v) is 7.17. The van der Waals surface area contributed by atoms with E-state index in [-0.39, 0.29) is 0 Å². The standard InChI is InChI=1S/C25H31N3O2/c1-16(2)23-22(21-5-4-12-26-24(21)27-23)15-28-18-8-9-19(28)14-25(29,13-18)17-6-10-20(30-3)11-7-17/h4-7,10-12,16,18-19,29H,8-9,13-15H2,1-3H3,(H,26,27). The number of ether oxygens (including phenoxy) is 1. The van der Waals surface area contributed by atoms with E-state index < -0.39 is 5.60 Å². The lowest BCUT2D eigenvalue weighted by molar-refractivity contribution is -0.0594. The van der Waals surface area contributed by atoms with Gasteiger partial charge in [0, 0.05) is 35.9 Å². The number of nitrogens with zero attached hydrogens (tertiary/aromatic N) is 2. The number of pyridine rings is 1. The van der Waals surface area contributed by atoms with Gasteiger partial charge >= 0.3 is 0 Å². The second-order valence-corrected chi connectivity index (χ2v) is 9.30. The molecule has 2 fully saturated rings. The number of nitrogens with one attached hydrogen (secondary N) is 1. The highest BCUT2D eigenvalue weighted by atomic mass is 16.5. The second kappa shape index (κ2) is 7.40. The number of benzene rings is 1. The predicted molar refractivity (Wildman–Crippen MR) is 119 cm³/mol. The van der Waals surface area contributed by atoms with Crippen LogP contribution >= 0.6 is 0 Å². The monoisotopic (exact) mass is 405 g/mol. The maximum absolute atomic E-state index is 11.6. The van der Waals surface area contributed by atoms with Gasteiger partial charge in [0.1, 0.15) is 11.4 Å². The number of hydrogen-bond donors (Lipinski definition) is 2. The van der Waals surface area contributed by atoms with Crippen LogP contribution in [0, 0.1) is 0 Å². The fraction of sp³-hybridized carbons (Fsp3) is 0.480. The normalized spacial score (nSPS) is 26.6. The summed E-state index contributed by atoms with van der Waals surface area (Å²) < 4.78 is 5.29. The van der Waals surface area contributed by atoms with Gasteiger partial charge in [-0.2, -0.15) is 0 Å². The molecule has 4 heterocycles. The molecule has 30 heavy (non-hydrogen) atoms. The van der Waals surface area contributed by atoms with Gasteiger partial charge in [-0.25, -0.2) is 4.98 Å². The molecule has 2 aromatic heterocycles. The quantitative estimate of drug-likeness (QED) is 0.645. The van der Waals surface area contributed by atoms with Gasteiger partial charge in [0.25, 0.3) is 0 Å². The van der Waals surface area contributed by atoms with Gasteiger partial charge in [0.15, 0.2) is 0 Å². The van der Waals surface area contributed by atoms with E-state index in [0.717, 1.165) is 49.2 Å². The molecular weight excluding hydrogens is 374 g/mol. The summed E-state index contributed by atoms with van der Waals surface area (Å²) in [5, 5.41) is 12.8. The van der Waals surface area contributed by atoms with Crippen LogP contribution in [0.2, 0.25) is 0 Å². The van der Waals surface area contributed by atoms with Crippen molar-refractivity contribution in [2.24, 2.45) is 0 Å². The lowest BCUT2D eigenvalue weighted by atomic mass is 9.80. The number of methoxy groups -OCH3 is 1. The smallest absolute Gasteiger partial charge is 0.137 e. The number of aromatic amines is 1. The Kier molecular flexibility index (Phi) is 4.83. The molecule has 2 unspecified atom stereocenters. The van der Waals surface area contributed by atoms with E-state index in [2.05, 4.69) is 34.8 Å². The molecule has 5 heteroatoms. The Hall–Kier alpha value is -2.37. The Bertz CT molecular complexity index is 1030. The first-order valence-corrected chi connectivity index (χ1v) is 11.1. The van der Waals surface area contributed by atoms with Crippen molar-refractivity contribution in [3.63, 3.8) is 0 Å². The molecular formula is C25H31N3O2. The molecule has 0 saturated carbocycles. The Morgan fingerprint density at radius 3 is 2.50 bits per heavy atom. The average molecular weight is 406 g/mol. The lowest BCUT2D eigenvalue weighted by Crippen LogP contribution is -2.49. The Labute approximate surface area is 178 Å². The van der Waals surface area contributed by atoms with Crippen molar-refractivity contribution in [1.29, 1.82) is 0 Å². The topological polar surface area (TPSA) is 61.4 Å². The van der Waals surface area contributed by atoms with Crippen LogP contribution in [0.15, 0.2) is 42.6 Å². The van der Waals surface area contributed by atoms with E-state index >= 15 is 0 Å². The highest BCUT2D eigenvalue weighted by Crippen LogP contribution is 2.47. The summed E-state index contributed by atoms with van der Waals surface area (Å²) in [4.78, 5) is 10.7. The van der Waals surface area contributed by atoms with Gasteiger partial charge in [-0.3, -0.25) is 4.90 Å². The summed E-state index contributed by atoms with van der Waals surface area (Å²) in [7, 11) is 1.67. The molecule has 0 spiro atoms. The summed E-state index contributed by atoms with van der Waals surface area (Å²) in [6.45, 7) is 5.40. The molecule has 1 aromatic carbocycles. The van der Waals surface area contributed by atoms with Crippen LogP contribution in [0.4, 0.5) is 0 Å². The number of aliphatic hydroxyl groups is 1. The molecule has 2 bridgehead atoms. The van der Waals surface area contributed by atoms with Crippen molar-refractivity contribution in [1.82, 2.24) is 14.9 Å². The molecule has 3 aromatic rings.